The minimum Gasteiger partial charge on any atom is -0.355 e. The summed E-state index contributed by atoms with van der Waals surface area (Å²) in [5, 5.41) is 4.95. The third-order valence-corrected chi connectivity index (χ3v) is 4.42. The van der Waals surface area contributed by atoms with Crippen LogP contribution in [0.3, 0.4) is 0 Å². The van der Waals surface area contributed by atoms with Gasteiger partial charge >= 0.3 is 0 Å². The van der Waals surface area contributed by atoms with E-state index >= 15 is 0 Å². The molecule has 0 fully saturated rings. The maximum absolute atomic E-state index is 11.9. The number of carbonyl (C=O) groups excluding carboxylic acids is 2. The summed E-state index contributed by atoms with van der Waals surface area (Å²) in [6, 6.07) is 6.93. The number of halogens is 1. The number of sulfone groups is 1. The van der Waals surface area contributed by atoms with Crippen LogP contribution in [0.15, 0.2) is 28.7 Å². The maximum atomic E-state index is 11.9. The first kappa shape index (κ1) is 17.6. The first-order chi connectivity index (χ1) is 9.78. The van der Waals surface area contributed by atoms with Gasteiger partial charge in [0.1, 0.15) is 5.75 Å². The van der Waals surface area contributed by atoms with E-state index in [0.29, 0.717) is 5.56 Å². The Morgan fingerprint density at radius 2 is 1.86 bits per heavy atom. The number of amides is 2. The van der Waals surface area contributed by atoms with Gasteiger partial charge in [-0.1, -0.05) is 28.1 Å². The van der Waals surface area contributed by atoms with Crippen molar-refractivity contribution in [3.05, 3.63) is 34.3 Å². The molecule has 0 bridgehead atoms. The number of rotatable bonds is 7. The van der Waals surface area contributed by atoms with E-state index in [4.69, 9.17) is 0 Å². The van der Waals surface area contributed by atoms with Crippen LogP contribution >= 0.6 is 15.9 Å². The van der Waals surface area contributed by atoms with Crippen molar-refractivity contribution in [3.8, 4) is 0 Å². The Labute approximate surface area is 132 Å². The van der Waals surface area contributed by atoms with Crippen LogP contribution in [-0.4, -0.2) is 39.1 Å². The van der Waals surface area contributed by atoms with Crippen molar-refractivity contribution in [1.82, 2.24) is 10.6 Å². The zero-order valence-electron chi connectivity index (χ0n) is 11.6. The second kappa shape index (κ2) is 8.14. The quantitative estimate of drug-likeness (QED) is 0.682. The molecule has 0 aromatic heterocycles. The van der Waals surface area contributed by atoms with Crippen molar-refractivity contribution < 1.29 is 18.0 Å². The molecule has 1 rings (SSSR count). The lowest BCUT2D eigenvalue weighted by Crippen LogP contribution is -2.36. The molecule has 1 aromatic rings. The molecular formula is C13H17BrN2O4S. The van der Waals surface area contributed by atoms with E-state index < -0.39 is 21.5 Å². The standard InChI is InChI=1S/C13H17BrN2O4S/c1-10(17)15-5-6-16-13(18)9-21(19,20)8-11-3-2-4-12(14)7-11/h2-4,7H,5-6,8-9H2,1H3,(H,15,17)(H,16,18). The van der Waals surface area contributed by atoms with Crippen LogP contribution in [0.4, 0.5) is 0 Å². The highest BCUT2D eigenvalue weighted by molar-refractivity contribution is 9.10. The van der Waals surface area contributed by atoms with E-state index in [-0.39, 0.29) is 24.7 Å². The van der Waals surface area contributed by atoms with Crippen LogP contribution in [0.1, 0.15) is 12.5 Å². The molecule has 0 spiro atoms. The van der Waals surface area contributed by atoms with Crippen LogP contribution in [0.25, 0.3) is 0 Å². The fourth-order valence-corrected chi connectivity index (χ4v) is 3.36. The largest absolute Gasteiger partial charge is 0.355 e. The van der Waals surface area contributed by atoms with E-state index in [1.54, 1.807) is 24.3 Å². The Hall–Kier alpha value is -1.41. The second-order valence-electron chi connectivity index (χ2n) is 4.50. The summed E-state index contributed by atoms with van der Waals surface area (Å²) in [6.07, 6.45) is 0. The smallest absolute Gasteiger partial charge is 0.235 e. The zero-order chi connectivity index (χ0) is 15.9. The lowest BCUT2D eigenvalue weighted by molar-refractivity contribution is -0.120. The Bertz CT molecular complexity index is 616. The predicted octanol–water partition coefficient (Wildman–Crippen LogP) is 0.616. The molecule has 2 amide bonds. The van der Waals surface area contributed by atoms with Crippen molar-refractivity contribution in [3.63, 3.8) is 0 Å². The summed E-state index contributed by atoms with van der Waals surface area (Å²) in [7, 11) is -3.52. The molecule has 1 aromatic carbocycles. The van der Waals surface area contributed by atoms with Gasteiger partial charge in [-0.3, -0.25) is 9.59 Å². The third-order valence-electron chi connectivity index (χ3n) is 2.45. The van der Waals surface area contributed by atoms with E-state index in [1.807, 2.05) is 0 Å². The summed E-state index contributed by atoms with van der Waals surface area (Å²) >= 11 is 3.27. The van der Waals surface area contributed by atoms with Crippen LogP contribution < -0.4 is 10.6 Å². The number of carbonyl (C=O) groups is 2. The molecule has 0 aliphatic rings. The van der Waals surface area contributed by atoms with Crippen molar-refractivity contribution in [2.24, 2.45) is 0 Å². The number of hydrogen-bond acceptors (Lipinski definition) is 4. The van der Waals surface area contributed by atoms with E-state index in [9.17, 15) is 18.0 Å². The molecule has 0 radical (unpaired) electrons. The lowest BCUT2D eigenvalue weighted by atomic mass is 10.2. The van der Waals surface area contributed by atoms with Gasteiger partial charge in [-0.15, -0.1) is 0 Å². The van der Waals surface area contributed by atoms with Gasteiger partial charge in [-0.25, -0.2) is 8.42 Å². The lowest BCUT2D eigenvalue weighted by Gasteiger charge is -2.07. The Kier molecular flexibility index (Phi) is 6.83. The second-order valence-corrected chi connectivity index (χ2v) is 7.48. The highest BCUT2D eigenvalue weighted by Crippen LogP contribution is 2.14. The highest BCUT2D eigenvalue weighted by Gasteiger charge is 2.17. The monoisotopic (exact) mass is 376 g/mol. The fraction of sp³-hybridized carbons (Fsp3) is 0.385. The maximum Gasteiger partial charge on any atom is 0.235 e. The predicted molar refractivity (Wildman–Crippen MR) is 83.3 cm³/mol. The average molecular weight is 377 g/mol. The van der Waals surface area contributed by atoms with Gasteiger partial charge in [0.25, 0.3) is 0 Å². The average Bonchev–Trinajstić information content (AvgIpc) is 2.33. The van der Waals surface area contributed by atoms with Gasteiger partial charge in [0.2, 0.25) is 11.8 Å². The molecule has 0 aliphatic carbocycles. The molecule has 0 saturated heterocycles. The van der Waals surface area contributed by atoms with Gasteiger partial charge in [0, 0.05) is 24.5 Å². The molecule has 0 unspecified atom stereocenters. The molecule has 8 heteroatoms. The van der Waals surface area contributed by atoms with E-state index in [0.717, 1.165) is 4.47 Å². The van der Waals surface area contributed by atoms with Crippen molar-refractivity contribution in [1.29, 1.82) is 0 Å². The first-order valence-electron chi connectivity index (χ1n) is 6.24. The highest BCUT2D eigenvalue weighted by atomic mass is 79.9. The number of benzene rings is 1. The molecule has 21 heavy (non-hydrogen) atoms. The van der Waals surface area contributed by atoms with Crippen molar-refractivity contribution in [2.45, 2.75) is 12.7 Å². The van der Waals surface area contributed by atoms with Crippen molar-refractivity contribution >= 4 is 37.6 Å². The van der Waals surface area contributed by atoms with Crippen LogP contribution in [0.2, 0.25) is 0 Å². The third kappa shape index (κ3) is 7.81. The number of hydrogen-bond donors (Lipinski definition) is 2. The van der Waals surface area contributed by atoms with Gasteiger partial charge in [-0.2, -0.15) is 0 Å². The minimum atomic E-state index is -3.52. The molecular weight excluding hydrogens is 360 g/mol. The van der Waals surface area contributed by atoms with Crippen LogP contribution in [0.5, 0.6) is 0 Å². The minimum absolute atomic E-state index is 0.189. The summed E-state index contributed by atoms with van der Waals surface area (Å²) in [5.74, 6) is -1.53. The molecule has 0 heterocycles. The fourth-order valence-electron chi connectivity index (χ4n) is 1.62. The van der Waals surface area contributed by atoms with Gasteiger partial charge in [0.15, 0.2) is 9.84 Å². The van der Waals surface area contributed by atoms with Crippen molar-refractivity contribution in [2.75, 3.05) is 18.8 Å². The molecule has 116 valence electrons. The molecule has 0 atom stereocenters. The molecule has 6 nitrogen and oxygen atoms in total. The molecule has 0 saturated carbocycles. The summed E-state index contributed by atoms with van der Waals surface area (Å²) in [4.78, 5) is 22.2. The van der Waals surface area contributed by atoms with Gasteiger partial charge < -0.3 is 10.6 Å². The van der Waals surface area contributed by atoms with Crippen LogP contribution in [0, 0.1) is 0 Å². The Morgan fingerprint density at radius 1 is 1.19 bits per heavy atom. The zero-order valence-corrected chi connectivity index (χ0v) is 14.0. The summed E-state index contributed by atoms with van der Waals surface area (Å²) in [6.45, 7) is 1.84. The summed E-state index contributed by atoms with van der Waals surface area (Å²) in [5.41, 5.74) is 0.621. The van der Waals surface area contributed by atoms with Gasteiger partial charge in [-0.05, 0) is 17.7 Å². The Balaban J connectivity index is 2.45. The SMILES string of the molecule is CC(=O)NCCNC(=O)CS(=O)(=O)Cc1cccc(Br)c1. The summed E-state index contributed by atoms with van der Waals surface area (Å²) < 4.78 is 24.6. The normalized spacial score (nSPS) is 11.0. The first-order valence-corrected chi connectivity index (χ1v) is 8.86. The van der Waals surface area contributed by atoms with E-state index in [2.05, 4.69) is 26.6 Å². The van der Waals surface area contributed by atoms with Crippen LogP contribution in [-0.2, 0) is 25.2 Å². The topological polar surface area (TPSA) is 92.3 Å². The number of nitrogens with one attached hydrogen (secondary N) is 2. The molecule has 2 N–H and O–H groups in total. The van der Waals surface area contributed by atoms with E-state index in [1.165, 1.54) is 6.92 Å². The Morgan fingerprint density at radius 3 is 2.48 bits per heavy atom. The molecule has 0 aliphatic heterocycles. The van der Waals surface area contributed by atoms with Gasteiger partial charge in [0.05, 0.1) is 5.75 Å².